The molecule has 1 spiro atoms. The largest absolute Gasteiger partial charge is 0.743 e. The van der Waals surface area contributed by atoms with Crippen LogP contribution in [0.4, 0.5) is 17.6 Å². The standard InChI is InChI=1S/C15H20F4O5S/c16-14(17,15(18,19)25(20,21)22)10-7-8-6-9(10)12-11(8)23-13(24-12)4-2-1-3-5-13/h8-12H,1-7H2,(H,20,21,22)/p-1. The second-order valence-corrected chi connectivity index (χ2v) is 9.15. The zero-order valence-corrected chi connectivity index (χ0v) is 14.1. The predicted octanol–water partition coefficient (Wildman–Crippen LogP) is 2.86. The third kappa shape index (κ3) is 2.40. The Kier molecular flexibility index (Phi) is 3.80. The van der Waals surface area contributed by atoms with E-state index in [-0.39, 0.29) is 18.8 Å². The zero-order chi connectivity index (χ0) is 18.3. The molecular weight excluding hydrogens is 368 g/mol. The Morgan fingerprint density at radius 1 is 0.960 bits per heavy atom. The van der Waals surface area contributed by atoms with Crippen LogP contribution in [0.3, 0.4) is 0 Å². The Morgan fingerprint density at radius 2 is 1.56 bits per heavy atom. The van der Waals surface area contributed by atoms with Crippen LogP contribution in [0.5, 0.6) is 0 Å². The van der Waals surface area contributed by atoms with Gasteiger partial charge in [-0.05, 0) is 37.5 Å². The van der Waals surface area contributed by atoms with Crippen LogP contribution in [0.15, 0.2) is 0 Å². The fourth-order valence-corrected chi connectivity index (χ4v) is 5.71. The van der Waals surface area contributed by atoms with E-state index in [1.807, 2.05) is 0 Å². The Balaban J connectivity index is 1.58. The maximum Gasteiger partial charge on any atom is 0.396 e. The molecule has 0 aromatic rings. The molecule has 1 aliphatic heterocycles. The molecule has 0 N–H and O–H groups in total. The van der Waals surface area contributed by atoms with Crippen molar-refractivity contribution in [2.75, 3.05) is 0 Å². The normalized spacial score (nSPS) is 40.6. The molecule has 3 aliphatic carbocycles. The Hall–Kier alpha value is -0.450. The average molecular weight is 387 g/mol. The maximum absolute atomic E-state index is 14.3. The summed E-state index contributed by atoms with van der Waals surface area (Å²) in [4.78, 5) is 0. The van der Waals surface area contributed by atoms with Crippen LogP contribution in [0, 0.1) is 17.8 Å². The van der Waals surface area contributed by atoms with E-state index in [0.717, 1.165) is 19.3 Å². The van der Waals surface area contributed by atoms with Crippen molar-refractivity contribution in [1.82, 2.24) is 0 Å². The average Bonchev–Trinajstić information content (AvgIpc) is 3.16. The highest BCUT2D eigenvalue weighted by atomic mass is 32.2. The molecule has 10 heteroatoms. The van der Waals surface area contributed by atoms with E-state index < -0.39 is 51.1 Å². The summed E-state index contributed by atoms with van der Waals surface area (Å²) in [5.41, 5.74) is 0. The van der Waals surface area contributed by atoms with E-state index >= 15 is 0 Å². The minimum Gasteiger partial charge on any atom is -0.743 e. The van der Waals surface area contributed by atoms with Gasteiger partial charge in [0.15, 0.2) is 15.9 Å². The summed E-state index contributed by atoms with van der Waals surface area (Å²) in [7, 11) is -6.47. The molecule has 4 aliphatic rings. The molecule has 0 radical (unpaired) electrons. The van der Waals surface area contributed by atoms with Gasteiger partial charge in [0.2, 0.25) is 0 Å². The fraction of sp³-hybridized carbons (Fsp3) is 1.00. The Morgan fingerprint density at radius 3 is 2.16 bits per heavy atom. The quantitative estimate of drug-likeness (QED) is 0.550. The molecule has 3 saturated carbocycles. The smallest absolute Gasteiger partial charge is 0.396 e. The number of fused-ring (bicyclic) bond motifs is 5. The third-order valence-electron chi connectivity index (χ3n) is 6.34. The van der Waals surface area contributed by atoms with Gasteiger partial charge in [-0.25, -0.2) is 8.42 Å². The highest BCUT2D eigenvalue weighted by Gasteiger charge is 2.73. The van der Waals surface area contributed by atoms with Gasteiger partial charge in [-0.1, -0.05) is 6.42 Å². The monoisotopic (exact) mass is 387 g/mol. The molecule has 4 fully saturated rings. The minimum absolute atomic E-state index is 0.223. The highest BCUT2D eigenvalue weighted by Crippen LogP contribution is 2.62. The van der Waals surface area contributed by atoms with Crippen LogP contribution in [0.25, 0.3) is 0 Å². The number of hydrogen-bond donors (Lipinski definition) is 0. The van der Waals surface area contributed by atoms with Gasteiger partial charge in [0, 0.05) is 18.8 Å². The van der Waals surface area contributed by atoms with Crippen molar-refractivity contribution in [2.24, 2.45) is 17.8 Å². The van der Waals surface area contributed by atoms with Crippen molar-refractivity contribution < 1.29 is 40.0 Å². The van der Waals surface area contributed by atoms with Gasteiger partial charge in [-0.2, -0.15) is 17.6 Å². The van der Waals surface area contributed by atoms with Gasteiger partial charge in [-0.15, -0.1) is 0 Å². The van der Waals surface area contributed by atoms with E-state index in [2.05, 4.69) is 0 Å². The van der Waals surface area contributed by atoms with Crippen LogP contribution >= 0.6 is 0 Å². The third-order valence-corrected chi connectivity index (χ3v) is 7.24. The molecule has 5 atom stereocenters. The molecule has 0 aromatic heterocycles. The van der Waals surface area contributed by atoms with Crippen molar-refractivity contribution in [3.63, 3.8) is 0 Å². The lowest BCUT2D eigenvalue weighted by Crippen LogP contribution is -2.55. The molecule has 1 saturated heterocycles. The number of alkyl halides is 4. The molecule has 25 heavy (non-hydrogen) atoms. The highest BCUT2D eigenvalue weighted by molar-refractivity contribution is 7.86. The van der Waals surface area contributed by atoms with Crippen LogP contribution in [0.2, 0.25) is 0 Å². The van der Waals surface area contributed by atoms with Crippen molar-refractivity contribution in [3.8, 4) is 0 Å². The first-order valence-corrected chi connectivity index (χ1v) is 9.96. The van der Waals surface area contributed by atoms with Gasteiger partial charge >= 0.3 is 11.2 Å². The number of ether oxygens (including phenoxy) is 2. The van der Waals surface area contributed by atoms with E-state index in [1.165, 1.54) is 0 Å². The first-order valence-electron chi connectivity index (χ1n) is 8.55. The second-order valence-electron chi connectivity index (χ2n) is 7.73. The van der Waals surface area contributed by atoms with Crippen molar-refractivity contribution in [2.45, 2.75) is 74.1 Å². The molecule has 144 valence electrons. The van der Waals surface area contributed by atoms with Crippen LogP contribution in [0.1, 0.15) is 44.9 Å². The molecule has 5 nitrogen and oxygen atoms in total. The molecule has 2 bridgehead atoms. The summed E-state index contributed by atoms with van der Waals surface area (Å²) in [6.07, 6.45) is 2.89. The number of rotatable bonds is 3. The molecular formula is C15H19F4O5S-. The van der Waals surface area contributed by atoms with E-state index in [1.54, 1.807) is 0 Å². The topological polar surface area (TPSA) is 75.7 Å². The lowest BCUT2D eigenvalue weighted by molar-refractivity contribution is -0.219. The summed E-state index contributed by atoms with van der Waals surface area (Å²) in [5, 5.41) is -5.63. The SMILES string of the molecule is O=S(=O)([O-])C(F)(F)C(F)(F)C1CC2CC1C1OC3(CCCCC3)OC21. The van der Waals surface area contributed by atoms with Crippen LogP contribution in [-0.4, -0.2) is 42.1 Å². The van der Waals surface area contributed by atoms with E-state index in [9.17, 15) is 30.5 Å². The van der Waals surface area contributed by atoms with Crippen molar-refractivity contribution in [1.29, 1.82) is 0 Å². The van der Waals surface area contributed by atoms with Crippen LogP contribution < -0.4 is 0 Å². The van der Waals surface area contributed by atoms with E-state index in [4.69, 9.17) is 9.47 Å². The zero-order valence-electron chi connectivity index (χ0n) is 13.3. The summed E-state index contributed by atoms with van der Waals surface area (Å²) in [6, 6.07) is 0. The summed E-state index contributed by atoms with van der Waals surface area (Å²) in [5.74, 6) is -8.96. The Labute approximate surface area is 142 Å². The lowest BCUT2D eigenvalue weighted by atomic mass is 9.81. The molecule has 5 unspecified atom stereocenters. The van der Waals surface area contributed by atoms with Gasteiger partial charge in [0.1, 0.15) is 0 Å². The van der Waals surface area contributed by atoms with Gasteiger partial charge in [0.25, 0.3) is 0 Å². The van der Waals surface area contributed by atoms with Crippen molar-refractivity contribution in [3.05, 3.63) is 0 Å². The fourth-order valence-electron chi connectivity index (χ4n) is 5.22. The summed E-state index contributed by atoms with van der Waals surface area (Å²) >= 11 is 0. The lowest BCUT2D eigenvalue weighted by Gasteiger charge is -2.38. The molecule has 0 amide bonds. The van der Waals surface area contributed by atoms with Gasteiger partial charge in [-0.3, -0.25) is 0 Å². The first kappa shape index (κ1) is 17.9. The van der Waals surface area contributed by atoms with Crippen LogP contribution in [-0.2, 0) is 19.6 Å². The van der Waals surface area contributed by atoms with E-state index in [0.29, 0.717) is 12.8 Å². The molecule has 1 heterocycles. The maximum atomic E-state index is 14.3. The van der Waals surface area contributed by atoms with Gasteiger partial charge < -0.3 is 14.0 Å². The minimum atomic E-state index is -6.47. The van der Waals surface area contributed by atoms with Gasteiger partial charge in [0.05, 0.1) is 12.2 Å². The number of halogens is 4. The van der Waals surface area contributed by atoms with Crippen molar-refractivity contribution >= 4 is 10.1 Å². The first-order chi connectivity index (χ1) is 11.5. The number of hydrogen-bond acceptors (Lipinski definition) is 5. The summed E-state index contributed by atoms with van der Waals surface area (Å²) < 4.78 is 100. The molecule has 0 aromatic carbocycles. The second kappa shape index (κ2) is 5.30. The summed E-state index contributed by atoms with van der Waals surface area (Å²) in [6.45, 7) is 0. The Bertz CT molecular complexity index is 661. The molecule has 4 rings (SSSR count). The predicted molar refractivity (Wildman–Crippen MR) is 74.9 cm³/mol.